The molecule has 2 heterocycles. The first-order valence-electron chi connectivity index (χ1n) is 10.9. The maximum absolute atomic E-state index is 3.88. The minimum Gasteiger partial charge on any atom is -0.307 e. The maximum atomic E-state index is 3.88. The Morgan fingerprint density at radius 1 is 0.600 bits per heavy atom. The predicted octanol–water partition coefficient (Wildman–Crippen LogP) is 6.05. The molecule has 2 heteroatoms. The van der Waals surface area contributed by atoms with Gasteiger partial charge >= 0.3 is 0 Å². The van der Waals surface area contributed by atoms with Gasteiger partial charge < -0.3 is 10.6 Å². The van der Waals surface area contributed by atoms with E-state index in [1.54, 1.807) is 0 Å². The van der Waals surface area contributed by atoms with Crippen LogP contribution in [0.1, 0.15) is 113 Å². The zero-order valence-corrected chi connectivity index (χ0v) is 18.5. The van der Waals surface area contributed by atoms with Gasteiger partial charge in [-0.25, -0.2) is 0 Å². The number of hydrogen-bond acceptors (Lipinski definition) is 2. The molecule has 0 aromatic rings. The molecule has 2 unspecified atom stereocenters. The topological polar surface area (TPSA) is 24.1 Å². The van der Waals surface area contributed by atoms with Crippen molar-refractivity contribution in [3.8, 4) is 0 Å². The van der Waals surface area contributed by atoms with E-state index in [-0.39, 0.29) is 11.1 Å². The maximum Gasteiger partial charge on any atom is 0.0132 e. The molecule has 0 aromatic carbocycles. The van der Waals surface area contributed by atoms with Crippen LogP contribution >= 0.6 is 0 Å². The van der Waals surface area contributed by atoms with Crippen LogP contribution in [-0.2, 0) is 0 Å². The molecule has 148 valence electrons. The standard InChI is InChI=1S/C23H46N2/c1-20(2)14-12-18(16-22(5,6)24-20)10-9-11-19-13-15-21(3,4)25-23(7,8)17-19/h18-19,24-25H,9-17H2,1-8H3. The molecule has 2 nitrogen and oxygen atoms in total. The van der Waals surface area contributed by atoms with E-state index in [0.29, 0.717) is 11.1 Å². The lowest BCUT2D eigenvalue weighted by Crippen LogP contribution is -2.50. The van der Waals surface area contributed by atoms with E-state index < -0.39 is 0 Å². The van der Waals surface area contributed by atoms with Crippen molar-refractivity contribution < 1.29 is 0 Å². The summed E-state index contributed by atoms with van der Waals surface area (Å²) in [5, 5.41) is 7.77. The monoisotopic (exact) mass is 350 g/mol. The molecular weight excluding hydrogens is 304 g/mol. The van der Waals surface area contributed by atoms with Gasteiger partial charge in [-0.05, 0) is 106 Å². The summed E-state index contributed by atoms with van der Waals surface area (Å²) in [7, 11) is 0. The van der Waals surface area contributed by atoms with Crippen molar-refractivity contribution in [2.75, 3.05) is 0 Å². The fraction of sp³-hybridized carbons (Fsp3) is 1.00. The molecule has 25 heavy (non-hydrogen) atoms. The molecule has 0 saturated carbocycles. The lowest BCUT2D eigenvalue weighted by atomic mass is 9.82. The average molecular weight is 351 g/mol. The lowest BCUT2D eigenvalue weighted by Gasteiger charge is -2.35. The molecule has 0 bridgehead atoms. The molecule has 2 fully saturated rings. The first kappa shape index (κ1) is 21.2. The zero-order valence-electron chi connectivity index (χ0n) is 18.5. The van der Waals surface area contributed by atoms with Crippen molar-refractivity contribution in [2.45, 2.75) is 135 Å². The second kappa shape index (κ2) is 7.50. The van der Waals surface area contributed by atoms with E-state index in [1.165, 1.54) is 57.8 Å². The molecule has 2 N–H and O–H groups in total. The SMILES string of the molecule is CC1(C)CCC(CCCC2CCC(C)(C)NC(C)(C)C2)CC(C)(C)N1. The van der Waals surface area contributed by atoms with Gasteiger partial charge in [-0.15, -0.1) is 0 Å². The average Bonchev–Trinajstić information content (AvgIpc) is 2.55. The van der Waals surface area contributed by atoms with Crippen molar-refractivity contribution in [1.82, 2.24) is 10.6 Å². The van der Waals surface area contributed by atoms with Gasteiger partial charge in [0.2, 0.25) is 0 Å². The molecule has 0 amide bonds. The fourth-order valence-electron chi connectivity index (χ4n) is 6.02. The summed E-state index contributed by atoms with van der Waals surface area (Å²) in [6.45, 7) is 19.1. The Kier molecular flexibility index (Phi) is 6.37. The predicted molar refractivity (Wildman–Crippen MR) is 111 cm³/mol. The van der Waals surface area contributed by atoms with E-state index >= 15 is 0 Å². The molecule has 2 aliphatic heterocycles. The second-order valence-corrected chi connectivity index (χ2v) is 11.9. The Labute approximate surface area is 158 Å². The molecule has 0 spiro atoms. The van der Waals surface area contributed by atoms with Crippen LogP contribution in [0, 0.1) is 11.8 Å². The number of nitrogens with one attached hydrogen (secondary N) is 2. The highest BCUT2D eigenvalue weighted by Gasteiger charge is 2.35. The van der Waals surface area contributed by atoms with Crippen molar-refractivity contribution in [3.05, 3.63) is 0 Å². The Morgan fingerprint density at radius 2 is 0.960 bits per heavy atom. The first-order chi connectivity index (χ1) is 11.3. The molecule has 2 saturated heterocycles. The van der Waals surface area contributed by atoms with Gasteiger partial charge in [0.05, 0.1) is 0 Å². The van der Waals surface area contributed by atoms with Crippen LogP contribution in [-0.4, -0.2) is 22.2 Å². The summed E-state index contributed by atoms with van der Waals surface area (Å²) >= 11 is 0. The summed E-state index contributed by atoms with van der Waals surface area (Å²) < 4.78 is 0. The molecule has 0 aliphatic carbocycles. The molecular formula is C23H46N2. The highest BCUT2D eigenvalue weighted by Crippen LogP contribution is 2.36. The van der Waals surface area contributed by atoms with E-state index in [9.17, 15) is 0 Å². The number of rotatable bonds is 4. The summed E-state index contributed by atoms with van der Waals surface area (Å²) in [6.07, 6.45) is 12.4. The minimum absolute atomic E-state index is 0.281. The van der Waals surface area contributed by atoms with E-state index in [0.717, 1.165) is 11.8 Å². The lowest BCUT2D eigenvalue weighted by molar-refractivity contribution is 0.251. The van der Waals surface area contributed by atoms with Crippen molar-refractivity contribution in [3.63, 3.8) is 0 Å². The van der Waals surface area contributed by atoms with Crippen molar-refractivity contribution in [1.29, 1.82) is 0 Å². The second-order valence-electron chi connectivity index (χ2n) is 11.9. The molecule has 0 radical (unpaired) electrons. The fourth-order valence-corrected chi connectivity index (χ4v) is 6.02. The van der Waals surface area contributed by atoms with Gasteiger partial charge in [0.1, 0.15) is 0 Å². The summed E-state index contributed by atoms with van der Waals surface area (Å²) in [6, 6.07) is 0. The minimum atomic E-state index is 0.281. The van der Waals surface area contributed by atoms with Gasteiger partial charge in [-0.3, -0.25) is 0 Å². The van der Waals surface area contributed by atoms with E-state index in [2.05, 4.69) is 66.0 Å². The molecule has 2 rings (SSSR count). The van der Waals surface area contributed by atoms with Gasteiger partial charge in [-0.1, -0.05) is 19.3 Å². The Balaban J connectivity index is 1.83. The Hall–Kier alpha value is -0.0800. The van der Waals surface area contributed by atoms with Crippen LogP contribution in [0.25, 0.3) is 0 Å². The van der Waals surface area contributed by atoms with Gasteiger partial charge in [0.25, 0.3) is 0 Å². The Bertz CT molecular complexity index is 393. The van der Waals surface area contributed by atoms with Crippen molar-refractivity contribution in [2.24, 2.45) is 11.8 Å². The largest absolute Gasteiger partial charge is 0.307 e. The summed E-state index contributed by atoms with van der Waals surface area (Å²) in [5.74, 6) is 1.80. The smallest absolute Gasteiger partial charge is 0.0132 e. The Morgan fingerprint density at radius 3 is 1.32 bits per heavy atom. The van der Waals surface area contributed by atoms with Crippen LogP contribution in [0.15, 0.2) is 0 Å². The molecule has 2 aliphatic rings. The van der Waals surface area contributed by atoms with Crippen LogP contribution in [0.3, 0.4) is 0 Å². The van der Waals surface area contributed by atoms with Gasteiger partial charge in [0, 0.05) is 22.2 Å². The third-order valence-corrected chi connectivity index (χ3v) is 6.53. The van der Waals surface area contributed by atoms with Crippen LogP contribution in [0.5, 0.6) is 0 Å². The van der Waals surface area contributed by atoms with Gasteiger partial charge in [0.15, 0.2) is 0 Å². The first-order valence-corrected chi connectivity index (χ1v) is 10.9. The normalized spacial score (nSPS) is 34.1. The third-order valence-electron chi connectivity index (χ3n) is 6.53. The highest BCUT2D eigenvalue weighted by atomic mass is 15.0. The van der Waals surface area contributed by atoms with Gasteiger partial charge in [-0.2, -0.15) is 0 Å². The molecule has 2 atom stereocenters. The summed E-state index contributed by atoms with van der Waals surface area (Å²) in [5.41, 5.74) is 1.15. The van der Waals surface area contributed by atoms with Crippen LogP contribution in [0.4, 0.5) is 0 Å². The number of hydrogen-bond donors (Lipinski definition) is 2. The van der Waals surface area contributed by atoms with Crippen LogP contribution < -0.4 is 10.6 Å². The summed E-state index contributed by atoms with van der Waals surface area (Å²) in [4.78, 5) is 0. The van der Waals surface area contributed by atoms with Crippen LogP contribution in [0.2, 0.25) is 0 Å². The third kappa shape index (κ3) is 7.21. The van der Waals surface area contributed by atoms with E-state index in [4.69, 9.17) is 0 Å². The quantitative estimate of drug-likeness (QED) is 0.645. The van der Waals surface area contributed by atoms with E-state index in [1.807, 2.05) is 0 Å². The zero-order chi connectivity index (χ0) is 18.9. The highest BCUT2D eigenvalue weighted by molar-refractivity contribution is 4.95. The van der Waals surface area contributed by atoms with Crippen molar-refractivity contribution >= 4 is 0 Å². The molecule has 0 aromatic heterocycles.